The van der Waals surface area contributed by atoms with Crippen molar-refractivity contribution in [3.63, 3.8) is 0 Å². The first-order valence-corrected chi connectivity index (χ1v) is 6.75. The number of allylic oxidation sites excluding steroid dienone is 1. The normalized spacial score (nSPS) is 23.0. The van der Waals surface area contributed by atoms with Crippen molar-refractivity contribution in [3.8, 4) is 12.1 Å². The zero-order valence-electron chi connectivity index (χ0n) is 12.3. The van der Waals surface area contributed by atoms with E-state index in [0.717, 1.165) is 11.1 Å². The summed E-state index contributed by atoms with van der Waals surface area (Å²) in [4.78, 5) is 10.3. The van der Waals surface area contributed by atoms with Crippen molar-refractivity contribution in [2.75, 3.05) is 7.11 Å². The Morgan fingerprint density at radius 3 is 2.36 bits per heavy atom. The fourth-order valence-electron chi connectivity index (χ4n) is 2.91. The molecule has 0 aromatic heterocycles. The summed E-state index contributed by atoms with van der Waals surface area (Å²) in [5.74, 6) is -0.391. The Hall–Kier alpha value is -2.70. The minimum atomic E-state index is -1.34. The molecule has 6 nitrogen and oxygen atoms in total. The Bertz CT molecular complexity index is 681. The smallest absolute Gasteiger partial charge is 0.269 e. The van der Waals surface area contributed by atoms with Crippen LogP contribution in [0.1, 0.15) is 24.8 Å². The van der Waals surface area contributed by atoms with Crippen molar-refractivity contribution in [1.29, 1.82) is 10.5 Å². The first-order chi connectivity index (χ1) is 10.5. The number of nitrogens with zero attached hydrogens (tertiary/aromatic N) is 3. The van der Waals surface area contributed by atoms with E-state index in [1.165, 1.54) is 19.2 Å². The van der Waals surface area contributed by atoms with Gasteiger partial charge in [0.05, 0.1) is 17.1 Å². The van der Waals surface area contributed by atoms with Crippen LogP contribution in [0.2, 0.25) is 0 Å². The molecule has 112 valence electrons. The zero-order valence-corrected chi connectivity index (χ0v) is 12.3. The van der Waals surface area contributed by atoms with Crippen LogP contribution in [0.3, 0.4) is 0 Å². The highest BCUT2D eigenvalue weighted by Gasteiger charge is 2.49. The molecule has 0 saturated carbocycles. The molecule has 0 fully saturated rings. The highest BCUT2D eigenvalue weighted by atomic mass is 16.6. The number of ether oxygens (including phenoxy) is 1. The second-order valence-corrected chi connectivity index (χ2v) is 5.37. The molecule has 0 spiro atoms. The predicted octanol–water partition coefficient (Wildman–Crippen LogP) is 3.08. The standard InChI is InChI=1S/C16H15N3O3/c1-11-7-14(12-3-5-13(6-4-12)19(20)21)16(9-17,10-18)15(8-11)22-2/h3-6,8,14-15H,7H2,1-2H3. The molecule has 0 radical (unpaired) electrons. The van der Waals surface area contributed by atoms with Gasteiger partial charge in [-0.3, -0.25) is 10.1 Å². The molecule has 1 aromatic carbocycles. The number of hydrogen-bond acceptors (Lipinski definition) is 5. The number of nitro benzene ring substituents is 1. The Kier molecular flexibility index (Phi) is 4.25. The van der Waals surface area contributed by atoms with E-state index in [4.69, 9.17) is 4.74 Å². The maximum atomic E-state index is 10.8. The highest BCUT2D eigenvalue weighted by Crippen LogP contribution is 2.47. The van der Waals surface area contributed by atoms with Gasteiger partial charge in [-0.15, -0.1) is 0 Å². The Labute approximate surface area is 128 Å². The fourth-order valence-corrected chi connectivity index (χ4v) is 2.91. The summed E-state index contributed by atoms with van der Waals surface area (Å²) in [6, 6.07) is 10.2. The summed E-state index contributed by atoms with van der Waals surface area (Å²) in [5.41, 5.74) is 0.388. The molecule has 6 heteroatoms. The fraction of sp³-hybridized carbons (Fsp3) is 0.375. The van der Waals surface area contributed by atoms with Crippen LogP contribution in [0, 0.1) is 38.2 Å². The summed E-state index contributed by atoms with van der Waals surface area (Å²) in [6.07, 6.45) is 1.71. The SMILES string of the molecule is COC1C=C(C)CC(c2ccc([N+](=O)[O-])cc2)C1(C#N)C#N. The van der Waals surface area contributed by atoms with Crippen molar-refractivity contribution in [1.82, 2.24) is 0 Å². The number of rotatable bonds is 3. The van der Waals surface area contributed by atoms with Crippen molar-refractivity contribution >= 4 is 5.69 Å². The molecular weight excluding hydrogens is 282 g/mol. The Morgan fingerprint density at radius 1 is 1.32 bits per heavy atom. The molecule has 2 atom stereocenters. The lowest BCUT2D eigenvalue weighted by Gasteiger charge is -2.38. The Balaban J connectivity index is 2.52. The summed E-state index contributed by atoms with van der Waals surface area (Å²) >= 11 is 0. The van der Waals surface area contributed by atoms with E-state index in [-0.39, 0.29) is 5.69 Å². The molecule has 0 N–H and O–H groups in total. The lowest BCUT2D eigenvalue weighted by Crippen LogP contribution is -2.41. The number of hydrogen-bond donors (Lipinski definition) is 0. The molecule has 0 bridgehead atoms. The molecule has 0 amide bonds. The van der Waals surface area contributed by atoms with E-state index in [2.05, 4.69) is 12.1 Å². The van der Waals surface area contributed by atoms with Gasteiger partial charge in [0.1, 0.15) is 6.10 Å². The summed E-state index contributed by atoms with van der Waals surface area (Å²) < 4.78 is 5.34. The molecule has 0 saturated heterocycles. The monoisotopic (exact) mass is 297 g/mol. The third kappa shape index (κ3) is 2.45. The highest BCUT2D eigenvalue weighted by molar-refractivity contribution is 5.42. The van der Waals surface area contributed by atoms with Gasteiger partial charge in [-0.1, -0.05) is 23.8 Å². The molecule has 0 aliphatic heterocycles. The van der Waals surface area contributed by atoms with Crippen LogP contribution in [-0.4, -0.2) is 18.1 Å². The number of nitro groups is 1. The minimum Gasteiger partial charge on any atom is -0.375 e. The van der Waals surface area contributed by atoms with Crippen molar-refractivity contribution in [2.45, 2.75) is 25.4 Å². The van der Waals surface area contributed by atoms with Gasteiger partial charge in [-0.05, 0) is 18.9 Å². The number of nitriles is 2. The van der Waals surface area contributed by atoms with Crippen LogP contribution in [0.5, 0.6) is 0 Å². The second kappa shape index (κ2) is 5.97. The zero-order chi connectivity index (χ0) is 16.3. The van der Waals surface area contributed by atoms with E-state index in [9.17, 15) is 20.6 Å². The maximum Gasteiger partial charge on any atom is 0.269 e. The van der Waals surface area contributed by atoms with E-state index >= 15 is 0 Å². The predicted molar refractivity (Wildman–Crippen MR) is 78.7 cm³/mol. The topological polar surface area (TPSA) is 99.9 Å². The van der Waals surface area contributed by atoms with Crippen LogP contribution in [0.25, 0.3) is 0 Å². The molecule has 1 aliphatic carbocycles. The van der Waals surface area contributed by atoms with Crippen LogP contribution in [0.15, 0.2) is 35.9 Å². The number of non-ortho nitro benzene ring substituents is 1. The molecule has 2 rings (SSSR count). The van der Waals surface area contributed by atoms with Gasteiger partial charge in [0.2, 0.25) is 0 Å². The van der Waals surface area contributed by atoms with E-state index in [0.29, 0.717) is 6.42 Å². The average Bonchev–Trinajstić information content (AvgIpc) is 2.54. The van der Waals surface area contributed by atoms with Crippen LogP contribution in [-0.2, 0) is 4.74 Å². The quantitative estimate of drug-likeness (QED) is 0.485. The molecule has 0 heterocycles. The summed E-state index contributed by atoms with van der Waals surface area (Å²) in [7, 11) is 1.47. The van der Waals surface area contributed by atoms with Gasteiger partial charge in [0.15, 0.2) is 5.41 Å². The third-order valence-corrected chi connectivity index (χ3v) is 4.09. The lowest BCUT2D eigenvalue weighted by molar-refractivity contribution is -0.384. The van der Waals surface area contributed by atoms with Crippen LogP contribution >= 0.6 is 0 Å². The maximum absolute atomic E-state index is 10.8. The van der Waals surface area contributed by atoms with Crippen LogP contribution < -0.4 is 0 Å². The van der Waals surface area contributed by atoms with Gasteiger partial charge in [0, 0.05) is 25.2 Å². The first kappa shape index (κ1) is 15.7. The lowest BCUT2D eigenvalue weighted by atomic mass is 9.64. The van der Waals surface area contributed by atoms with Crippen molar-refractivity contribution in [3.05, 3.63) is 51.6 Å². The molecule has 1 aromatic rings. The van der Waals surface area contributed by atoms with Crippen LogP contribution in [0.4, 0.5) is 5.69 Å². The van der Waals surface area contributed by atoms with Crippen molar-refractivity contribution in [2.24, 2.45) is 5.41 Å². The van der Waals surface area contributed by atoms with Gasteiger partial charge in [0.25, 0.3) is 5.69 Å². The molecule has 1 aliphatic rings. The third-order valence-electron chi connectivity index (χ3n) is 4.09. The van der Waals surface area contributed by atoms with Gasteiger partial charge in [-0.25, -0.2) is 0 Å². The average molecular weight is 297 g/mol. The molecule has 22 heavy (non-hydrogen) atoms. The summed E-state index contributed by atoms with van der Waals surface area (Å²) in [6.45, 7) is 1.92. The minimum absolute atomic E-state index is 0.0189. The van der Waals surface area contributed by atoms with Gasteiger partial charge >= 0.3 is 0 Å². The van der Waals surface area contributed by atoms with E-state index < -0.39 is 22.4 Å². The largest absolute Gasteiger partial charge is 0.375 e. The van der Waals surface area contributed by atoms with Gasteiger partial charge < -0.3 is 4.74 Å². The van der Waals surface area contributed by atoms with E-state index in [1.54, 1.807) is 18.2 Å². The Morgan fingerprint density at radius 2 is 1.91 bits per heavy atom. The number of methoxy groups -OCH3 is 1. The summed E-state index contributed by atoms with van der Waals surface area (Å²) in [5, 5.41) is 30.0. The number of benzene rings is 1. The first-order valence-electron chi connectivity index (χ1n) is 6.75. The van der Waals surface area contributed by atoms with E-state index in [1.807, 2.05) is 6.92 Å². The molecule has 2 unspecified atom stereocenters. The van der Waals surface area contributed by atoms with Gasteiger partial charge in [-0.2, -0.15) is 10.5 Å². The second-order valence-electron chi connectivity index (χ2n) is 5.37. The van der Waals surface area contributed by atoms with Crippen molar-refractivity contribution < 1.29 is 9.66 Å². The molecular formula is C16H15N3O3.